The predicted molar refractivity (Wildman–Crippen MR) is 80.0 cm³/mol. The van der Waals surface area contributed by atoms with Crippen LogP contribution in [0.2, 0.25) is 0 Å². The van der Waals surface area contributed by atoms with Crippen LogP contribution in [0.25, 0.3) is 0 Å². The van der Waals surface area contributed by atoms with Crippen molar-refractivity contribution in [2.24, 2.45) is 13.0 Å². The van der Waals surface area contributed by atoms with Gasteiger partial charge in [-0.3, -0.25) is 9.48 Å². The number of carbonyl (C=O) groups excluding carboxylic acids is 1. The molecule has 0 saturated carbocycles. The Bertz CT molecular complexity index is 621. The average molecular weight is 317 g/mol. The third kappa shape index (κ3) is 3.94. The van der Waals surface area contributed by atoms with Gasteiger partial charge in [0.15, 0.2) is 5.82 Å². The van der Waals surface area contributed by atoms with E-state index in [1.165, 1.54) is 11.7 Å². The van der Waals surface area contributed by atoms with Crippen LogP contribution in [0.1, 0.15) is 19.5 Å². The summed E-state index contributed by atoms with van der Waals surface area (Å²) in [7, 11) is -0.894. The van der Waals surface area contributed by atoms with Gasteiger partial charge >= 0.3 is 0 Å². The van der Waals surface area contributed by atoms with Gasteiger partial charge in [0, 0.05) is 20.6 Å². The number of anilines is 1. The maximum Gasteiger partial charge on any atom is 0.248 e. The highest BCUT2D eigenvalue weighted by molar-refractivity contribution is 7.89. The number of hydrogen-bond donors (Lipinski definition) is 2. The average Bonchev–Trinajstić information content (AvgIpc) is 2.60. The molecule has 0 unspecified atom stereocenters. The molecule has 21 heavy (non-hydrogen) atoms. The zero-order chi connectivity index (χ0) is 16.4. The molecule has 3 N–H and O–H groups in total. The van der Waals surface area contributed by atoms with Crippen molar-refractivity contribution in [3.05, 3.63) is 5.69 Å². The number of nitrogens with zero attached hydrogens (tertiary/aromatic N) is 3. The number of likely N-dealkylation sites (N-methyl/N-ethyl adjacent to an activating group) is 1. The number of amides is 1. The molecule has 1 amide bonds. The van der Waals surface area contributed by atoms with Gasteiger partial charge in [-0.05, 0) is 12.8 Å². The Balaban J connectivity index is 2.90. The maximum absolute atomic E-state index is 12.5. The molecule has 0 atom stereocenters. The monoisotopic (exact) mass is 317 g/mol. The maximum atomic E-state index is 12.5. The summed E-state index contributed by atoms with van der Waals surface area (Å²) in [6.45, 7) is 5.77. The Kier molecular flexibility index (Phi) is 5.35. The van der Waals surface area contributed by atoms with Crippen molar-refractivity contribution in [2.75, 3.05) is 25.9 Å². The molecule has 0 saturated heterocycles. The van der Waals surface area contributed by atoms with Gasteiger partial charge in [-0.2, -0.15) is 9.40 Å². The summed E-state index contributed by atoms with van der Waals surface area (Å²) in [6, 6.07) is 0. The molecule has 0 aromatic carbocycles. The van der Waals surface area contributed by atoms with Crippen LogP contribution in [0.3, 0.4) is 0 Å². The van der Waals surface area contributed by atoms with Gasteiger partial charge in [0.25, 0.3) is 0 Å². The van der Waals surface area contributed by atoms with Crippen LogP contribution in [-0.4, -0.2) is 48.5 Å². The number of aryl methyl sites for hydroxylation is 1. The van der Waals surface area contributed by atoms with E-state index in [-0.39, 0.29) is 23.2 Å². The largest absolute Gasteiger partial charge is 0.381 e. The Morgan fingerprint density at radius 3 is 2.48 bits per heavy atom. The van der Waals surface area contributed by atoms with Crippen molar-refractivity contribution in [3.63, 3.8) is 0 Å². The lowest BCUT2D eigenvalue weighted by molar-refractivity contribution is -0.121. The van der Waals surface area contributed by atoms with Gasteiger partial charge in [-0.1, -0.05) is 13.8 Å². The molecule has 1 aromatic heterocycles. The number of rotatable bonds is 6. The van der Waals surface area contributed by atoms with Gasteiger partial charge in [-0.25, -0.2) is 8.42 Å². The molecule has 0 spiro atoms. The first-order chi connectivity index (χ1) is 9.57. The second kappa shape index (κ2) is 6.44. The lowest BCUT2D eigenvalue weighted by atomic mass is 10.2. The van der Waals surface area contributed by atoms with Gasteiger partial charge in [-0.15, -0.1) is 0 Å². The Labute approximate surface area is 125 Å². The number of aromatic nitrogens is 2. The van der Waals surface area contributed by atoms with E-state index in [0.717, 1.165) is 4.31 Å². The third-order valence-electron chi connectivity index (χ3n) is 3.05. The molecule has 0 aliphatic carbocycles. The Hall–Kier alpha value is -1.61. The van der Waals surface area contributed by atoms with Crippen LogP contribution in [-0.2, 0) is 21.9 Å². The van der Waals surface area contributed by atoms with Crippen LogP contribution < -0.4 is 11.1 Å². The summed E-state index contributed by atoms with van der Waals surface area (Å²) in [5, 5.41) is 6.56. The summed E-state index contributed by atoms with van der Waals surface area (Å²) in [4.78, 5) is 11.7. The molecule has 0 fully saturated rings. The summed E-state index contributed by atoms with van der Waals surface area (Å²) in [5.41, 5.74) is 6.09. The highest BCUT2D eigenvalue weighted by Crippen LogP contribution is 2.24. The van der Waals surface area contributed by atoms with E-state index in [2.05, 4.69) is 10.4 Å². The van der Waals surface area contributed by atoms with Crippen LogP contribution in [0.15, 0.2) is 4.90 Å². The number of hydrogen-bond acceptors (Lipinski definition) is 5. The van der Waals surface area contributed by atoms with Crippen LogP contribution >= 0.6 is 0 Å². The Morgan fingerprint density at radius 2 is 2.05 bits per heavy atom. The first-order valence-electron chi connectivity index (χ1n) is 6.59. The lowest BCUT2D eigenvalue weighted by Crippen LogP contribution is -2.39. The van der Waals surface area contributed by atoms with E-state index < -0.39 is 10.0 Å². The molecule has 0 radical (unpaired) electrons. The van der Waals surface area contributed by atoms with E-state index >= 15 is 0 Å². The zero-order valence-electron chi connectivity index (χ0n) is 13.0. The minimum absolute atomic E-state index is 0.0517. The van der Waals surface area contributed by atoms with Gasteiger partial charge in [0.2, 0.25) is 15.9 Å². The summed E-state index contributed by atoms with van der Waals surface area (Å²) in [6.07, 6.45) is 0. The van der Waals surface area contributed by atoms with E-state index in [1.807, 2.05) is 13.8 Å². The molecule has 120 valence electrons. The number of sulfonamides is 1. The predicted octanol–water partition coefficient (Wildman–Crippen LogP) is -0.297. The number of nitrogens with two attached hydrogens (primary N) is 1. The highest BCUT2D eigenvalue weighted by atomic mass is 32.2. The third-order valence-corrected chi connectivity index (χ3v) is 5.02. The SMILES string of the molecule is Cc1c(S(=O)(=O)N(C)CC(=O)NCC(C)C)c(N)nn1C. The van der Waals surface area contributed by atoms with Gasteiger partial charge < -0.3 is 11.1 Å². The second-order valence-corrected chi connectivity index (χ2v) is 7.36. The van der Waals surface area contributed by atoms with Crippen molar-refractivity contribution < 1.29 is 13.2 Å². The summed E-state index contributed by atoms with van der Waals surface area (Å²) < 4.78 is 27.3. The van der Waals surface area contributed by atoms with Crippen molar-refractivity contribution in [1.29, 1.82) is 0 Å². The molecular formula is C12H23N5O3S. The molecule has 0 bridgehead atoms. The van der Waals surface area contributed by atoms with Crippen molar-refractivity contribution in [1.82, 2.24) is 19.4 Å². The molecule has 9 heteroatoms. The van der Waals surface area contributed by atoms with E-state index in [1.54, 1.807) is 14.0 Å². The van der Waals surface area contributed by atoms with Crippen LogP contribution in [0, 0.1) is 12.8 Å². The lowest BCUT2D eigenvalue weighted by Gasteiger charge is -2.17. The quantitative estimate of drug-likeness (QED) is 0.748. The fourth-order valence-corrected chi connectivity index (χ4v) is 3.16. The first kappa shape index (κ1) is 17.4. The Morgan fingerprint density at radius 1 is 1.48 bits per heavy atom. The zero-order valence-corrected chi connectivity index (χ0v) is 13.9. The first-order valence-corrected chi connectivity index (χ1v) is 8.03. The topological polar surface area (TPSA) is 110 Å². The standard InChI is InChI=1S/C12H23N5O3S/c1-8(2)6-14-10(18)7-16(4)21(19,20)11-9(3)17(5)15-12(11)13/h8H,6-7H2,1-5H3,(H2,13,15)(H,14,18). The highest BCUT2D eigenvalue weighted by Gasteiger charge is 2.29. The molecule has 0 aliphatic rings. The smallest absolute Gasteiger partial charge is 0.248 e. The van der Waals surface area contributed by atoms with E-state index in [9.17, 15) is 13.2 Å². The summed E-state index contributed by atoms with van der Waals surface area (Å²) >= 11 is 0. The molecular weight excluding hydrogens is 294 g/mol. The number of nitrogens with one attached hydrogen (secondary N) is 1. The normalized spacial score (nSPS) is 12.1. The molecule has 1 heterocycles. The fourth-order valence-electron chi connectivity index (χ4n) is 1.75. The minimum Gasteiger partial charge on any atom is -0.381 e. The summed E-state index contributed by atoms with van der Waals surface area (Å²) in [5.74, 6) is -0.119. The second-order valence-electron chi connectivity index (χ2n) is 5.38. The number of nitrogen functional groups attached to an aromatic ring is 1. The fraction of sp³-hybridized carbons (Fsp3) is 0.667. The van der Waals surface area contributed by atoms with Crippen LogP contribution in [0.4, 0.5) is 5.82 Å². The molecule has 8 nitrogen and oxygen atoms in total. The number of carbonyl (C=O) groups is 1. The van der Waals surface area contributed by atoms with Crippen molar-refractivity contribution in [2.45, 2.75) is 25.7 Å². The van der Waals surface area contributed by atoms with Crippen molar-refractivity contribution >= 4 is 21.7 Å². The van der Waals surface area contributed by atoms with Gasteiger partial charge in [0.05, 0.1) is 12.2 Å². The van der Waals surface area contributed by atoms with Gasteiger partial charge in [0.1, 0.15) is 4.90 Å². The van der Waals surface area contributed by atoms with E-state index in [0.29, 0.717) is 18.2 Å². The van der Waals surface area contributed by atoms with Crippen LogP contribution in [0.5, 0.6) is 0 Å². The molecule has 1 rings (SSSR count). The molecule has 1 aromatic rings. The van der Waals surface area contributed by atoms with E-state index in [4.69, 9.17) is 5.73 Å². The molecule has 0 aliphatic heterocycles. The minimum atomic E-state index is -3.85. The van der Waals surface area contributed by atoms with Crippen molar-refractivity contribution in [3.8, 4) is 0 Å².